The van der Waals surface area contributed by atoms with Crippen molar-refractivity contribution >= 4 is 29.0 Å². The van der Waals surface area contributed by atoms with Crippen LogP contribution in [0.4, 0.5) is 0 Å². The van der Waals surface area contributed by atoms with Gasteiger partial charge >= 0.3 is 0 Å². The second-order valence-electron chi connectivity index (χ2n) is 3.62. The van der Waals surface area contributed by atoms with Gasteiger partial charge in [-0.3, -0.25) is 0 Å². The van der Waals surface area contributed by atoms with Gasteiger partial charge in [0.05, 0.1) is 10.3 Å². The SMILES string of the molecule is Clc1ccc2nc(C3CCCS3)nn2c1. The first-order valence-corrected chi connectivity index (χ1v) is 6.39. The molecular formula is C10H10ClN3S. The molecule has 5 heteroatoms. The molecule has 0 saturated carbocycles. The van der Waals surface area contributed by atoms with Crippen molar-refractivity contribution < 1.29 is 0 Å². The molecule has 1 saturated heterocycles. The topological polar surface area (TPSA) is 30.2 Å². The molecule has 1 aliphatic rings. The van der Waals surface area contributed by atoms with Gasteiger partial charge in [-0.15, -0.1) is 0 Å². The van der Waals surface area contributed by atoms with Gasteiger partial charge < -0.3 is 0 Å². The number of hydrogen-bond acceptors (Lipinski definition) is 3. The van der Waals surface area contributed by atoms with Crippen molar-refractivity contribution in [2.45, 2.75) is 18.1 Å². The highest BCUT2D eigenvalue weighted by Crippen LogP contribution is 2.38. The predicted octanol–water partition coefficient (Wildman–Crippen LogP) is 2.95. The number of hydrogen-bond donors (Lipinski definition) is 0. The first-order valence-electron chi connectivity index (χ1n) is 4.96. The molecule has 15 heavy (non-hydrogen) atoms. The van der Waals surface area contributed by atoms with Crippen molar-refractivity contribution in [3.8, 4) is 0 Å². The van der Waals surface area contributed by atoms with E-state index >= 15 is 0 Å². The summed E-state index contributed by atoms with van der Waals surface area (Å²) in [7, 11) is 0. The van der Waals surface area contributed by atoms with Gasteiger partial charge in [-0.1, -0.05) is 11.6 Å². The summed E-state index contributed by atoms with van der Waals surface area (Å²) in [6.07, 6.45) is 4.26. The second-order valence-corrected chi connectivity index (χ2v) is 5.37. The lowest BCUT2D eigenvalue weighted by Crippen LogP contribution is -1.92. The third-order valence-electron chi connectivity index (χ3n) is 2.53. The molecule has 1 atom stereocenters. The van der Waals surface area contributed by atoms with Crippen LogP contribution in [0.2, 0.25) is 5.02 Å². The van der Waals surface area contributed by atoms with Crippen molar-refractivity contribution in [2.24, 2.45) is 0 Å². The lowest BCUT2D eigenvalue weighted by Gasteiger charge is -1.99. The van der Waals surface area contributed by atoms with Crippen LogP contribution < -0.4 is 0 Å². The minimum absolute atomic E-state index is 0.476. The first-order chi connectivity index (χ1) is 7.33. The van der Waals surface area contributed by atoms with Crippen LogP contribution in [-0.2, 0) is 0 Å². The van der Waals surface area contributed by atoms with Crippen LogP contribution in [0.25, 0.3) is 5.65 Å². The Kier molecular flexibility index (Phi) is 2.33. The maximum Gasteiger partial charge on any atom is 0.164 e. The van der Waals surface area contributed by atoms with E-state index in [4.69, 9.17) is 11.6 Å². The van der Waals surface area contributed by atoms with E-state index in [1.165, 1.54) is 18.6 Å². The molecule has 0 aromatic carbocycles. The molecule has 2 aromatic heterocycles. The van der Waals surface area contributed by atoms with E-state index in [2.05, 4.69) is 10.1 Å². The van der Waals surface area contributed by atoms with Crippen molar-refractivity contribution in [3.05, 3.63) is 29.2 Å². The molecule has 0 radical (unpaired) electrons. The molecule has 3 nitrogen and oxygen atoms in total. The van der Waals surface area contributed by atoms with Crippen LogP contribution in [0.3, 0.4) is 0 Å². The maximum atomic E-state index is 5.89. The molecule has 0 N–H and O–H groups in total. The van der Waals surface area contributed by atoms with E-state index in [1.807, 2.05) is 23.9 Å². The van der Waals surface area contributed by atoms with E-state index in [9.17, 15) is 0 Å². The average molecular weight is 240 g/mol. The molecule has 1 aliphatic heterocycles. The molecular weight excluding hydrogens is 230 g/mol. The van der Waals surface area contributed by atoms with Crippen molar-refractivity contribution in [1.82, 2.24) is 14.6 Å². The summed E-state index contributed by atoms with van der Waals surface area (Å²) >= 11 is 7.84. The van der Waals surface area contributed by atoms with E-state index < -0.39 is 0 Å². The van der Waals surface area contributed by atoms with Crippen LogP contribution >= 0.6 is 23.4 Å². The highest BCUT2D eigenvalue weighted by molar-refractivity contribution is 7.99. The minimum atomic E-state index is 0.476. The molecule has 1 unspecified atom stereocenters. The Labute approximate surface area is 96.8 Å². The molecule has 0 amide bonds. The molecule has 1 fully saturated rings. The Morgan fingerprint density at radius 2 is 2.40 bits per heavy atom. The Morgan fingerprint density at radius 1 is 1.47 bits per heavy atom. The number of fused-ring (bicyclic) bond motifs is 1. The smallest absolute Gasteiger partial charge is 0.164 e. The summed E-state index contributed by atoms with van der Waals surface area (Å²) < 4.78 is 1.76. The molecule has 78 valence electrons. The highest BCUT2D eigenvalue weighted by Gasteiger charge is 2.21. The van der Waals surface area contributed by atoms with Crippen LogP contribution in [0, 0.1) is 0 Å². The number of rotatable bonds is 1. The Hall–Kier alpha value is -0.740. The molecule has 0 bridgehead atoms. The minimum Gasteiger partial charge on any atom is -0.219 e. The standard InChI is InChI=1S/C10H10ClN3S/c11-7-3-4-9-12-10(13-14(9)6-7)8-2-1-5-15-8/h3-4,6,8H,1-2,5H2. The summed E-state index contributed by atoms with van der Waals surface area (Å²) in [6.45, 7) is 0. The summed E-state index contributed by atoms with van der Waals surface area (Å²) in [4.78, 5) is 4.51. The largest absolute Gasteiger partial charge is 0.219 e. The summed E-state index contributed by atoms with van der Waals surface area (Å²) in [5.74, 6) is 2.17. The summed E-state index contributed by atoms with van der Waals surface area (Å²) in [5, 5.41) is 5.62. The fourth-order valence-corrected chi connectivity index (χ4v) is 3.15. The van der Waals surface area contributed by atoms with Crippen molar-refractivity contribution in [2.75, 3.05) is 5.75 Å². The normalized spacial score (nSPS) is 21.3. The van der Waals surface area contributed by atoms with E-state index in [0.717, 1.165) is 11.5 Å². The Balaban J connectivity index is 2.05. The number of nitrogens with zero attached hydrogens (tertiary/aromatic N) is 3. The summed E-state index contributed by atoms with van der Waals surface area (Å²) in [5.41, 5.74) is 0.877. The highest BCUT2D eigenvalue weighted by atomic mass is 35.5. The van der Waals surface area contributed by atoms with Crippen LogP contribution in [0.5, 0.6) is 0 Å². The molecule has 0 spiro atoms. The summed E-state index contributed by atoms with van der Waals surface area (Å²) in [6, 6.07) is 3.75. The van der Waals surface area contributed by atoms with Gasteiger partial charge in [-0.05, 0) is 30.7 Å². The Morgan fingerprint density at radius 3 is 3.20 bits per heavy atom. The predicted molar refractivity (Wildman–Crippen MR) is 62.4 cm³/mol. The van der Waals surface area contributed by atoms with Gasteiger partial charge in [0.1, 0.15) is 0 Å². The zero-order valence-corrected chi connectivity index (χ0v) is 9.63. The number of pyridine rings is 1. The van der Waals surface area contributed by atoms with Gasteiger partial charge in [-0.2, -0.15) is 16.9 Å². The van der Waals surface area contributed by atoms with Gasteiger partial charge in [0.15, 0.2) is 11.5 Å². The Bertz CT molecular complexity index is 490. The van der Waals surface area contributed by atoms with Crippen LogP contribution in [0.1, 0.15) is 23.9 Å². The maximum absolute atomic E-state index is 5.89. The van der Waals surface area contributed by atoms with Gasteiger partial charge in [0.25, 0.3) is 0 Å². The lowest BCUT2D eigenvalue weighted by molar-refractivity contribution is 0.770. The van der Waals surface area contributed by atoms with Crippen molar-refractivity contribution in [3.63, 3.8) is 0 Å². The second kappa shape index (κ2) is 3.68. The fraction of sp³-hybridized carbons (Fsp3) is 0.400. The zero-order chi connectivity index (χ0) is 10.3. The van der Waals surface area contributed by atoms with Crippen LogP contribution in [0.15, 0.2) is 18.3 Å². The lowest BCUT2D eigenvalue weighted by atomic mass is 10.2. The molecule has 2 aromatic rings. The van der Waals surface area contributed by atoms with Gasteiger partial charge in [0.2, 0.25) is 0 Å². The average Bonchev–Trinajstić information content (AvgIpc) is 2.84. The molecule has 0 aliphatic carbocycles. The van der Waals surface area contributed by atoms with E-state index in [1.54, 1.807) is 10.7 Å². The zero-order valence-electron chi connectivity index (χ0n) is 8.06. The van der Waals surface area contributed by atoms with Gasteiger partial charge in [0, 0.05) is 6.20 Å². The van der Waals surface area contributed by atoms with Crippen LogP contribution in [-0.4, -0.2) is 20.4 Å². The number of aromatic nitrogens is 3. The van der Waals surface area contributed by atoms with Crippen molar-refractivity contribution in [1.29, 1.82) is 0 Å². The number of thioether (sulfide) groups is 1. The molecule has 3 rings (SSSR count). The monoisotopic (exact) mass is 239 g/mol. The quantitative estimate of drug-likeness (QED) is 0.767. The first kappa shape index (κ1) is 9.48. The fourth-order valence-electron chi connectivity index (χ4n) is 1.79. The molecule has 3 heterocycles. The van der Waals surface area contributed by atoms with Gasteiger partial charge in [-0.25, -0.2) is 9.50 Å². The number of halogens is 1. The third kappa shape index (κ3) is 1.72. The van der Waals surface area contributed by atoms with E-state index in [0.29, 0.717) is 10.3 Å². The third-order valence-corrected chi connectivity index (χ3v) is 4.13. The van der Waals surface area contributed by atoms with E-state index in [-0.39, 0.29) is 0 Å².